The smallest absolute Gasteiger partial charge is 0.0665 e. The fourth-order valence-corrected chi connectivity index (χ4v) is 1.49. The normalized spacial score (nSPS) is 13.6. The zero-order valence-electron chi connectivity index (χ0n) is 7.54. The molecule has 0 unspecified atom stereocenters. The summed E-state index contributed by atoms with van der Waals surface area (Å²) < 4.78 is 0. The Morgan fingerprint density at radius 1 is 1.23 bits per heavy atom. The number of rotatable bonds is 1. The van der Waals surface area contributed by atoms with Crippen molar-refractivity contribution in [2.45, 2.75) is 27.7 Å². The molecule has 1 heteroatoms. The average molecular weight is 175 g/mol. The van der Waals surface area contributed by atoms with Crippen molar-refractivity contribution in [2.75, 3.05) is 0 Å². The van der Waals surface area contributed by atoms with Gasteiger partial charge in [0.05, 0.1) is 5.69 Å². The minimum atomic E-state index is 0. The maximum absolute atomic E-state index is 4.57. The molecule has 0 amide bonds. The van der Waals surface area contributed by atoms with Gasteiger partial charge in [-0.25, -0.2) is 0 Å². The zero-order valence-corrected chi connectivity index (χ0v) is 7.54. The Morgan fingerprint density at radius 2 is 1.92 bits per heavy atom. The quantitative estimate of drug-likeness (QED) is 0.618. The molecule has 0 aromatic heterocycles. The van der Waals surface area contributed by atoms with Crippen molar-refractivity contribution in [3.63, 3.8) is 0 Å². The Labute approximate surface area is 80.5 Å². The van der Waals surface area contributed by atoms with Crippen LogP contribution in [0.3, 0.4) is 0 Å². The minimum Gasteiger partial charge on any atom is -0.257 e. The molecule has 0 aliphatic carbocycles. The van der Waals surface area contributed by atoms with Crippen LogP contribution in [0.1, 0.15) is 26.8 Å². The molecule has 2 rings (SSSR count). The highest BCUT2D eigenvalue weighted by atomic mass is 14.8. The topological polar surface area (TPSA) is 12.4 Å². The van der Waals surface area contributed by atoms with Gasteiger partial charge in [-0.2, -0.15) is 0 Å². The van der Waals surface area contributed by atoms with E-state index in [1.54, 1.807) is 0 Å². The van der Waals surface area contributed by atoms with Crippen LogP contribution in [-0.4, -0.2) is 5.71 Å². The van der Waals surface area contributed by atoms with Crippen molar-refractivity contribution in [3.05, 3.63) is 29.8 Å². The van der Waals surface area contributed by atoms with Crippen molar-refractivity contribution in [2.24, 2.45) is 10.9 Å². The first kappa shape index (κ1) is 9.97. The number of hydrogen-bond donors (Lipinski definition) is 0. The van der Waals surface area contributed by atoms with E-state index in [0.717, 1.165) is 6.42 Å². The molecule has 0 spiro atoms. The van der Waals surface area contributed by atoms with Gasteiger partial charge in [-0.3, -0.25) is 4.99 Å². The Morgan fingerprint density at radius 3 is 2.54 bits per heavy atom. The average Bonchev–Trinajstić information content (AvgIpc) is 2.46. The molecular weight excluding hydrogens is 158 g/mol. The molecule has 0 saturated carbocycles. The summed E-state index contributed by atoms with van der Waals surface area (Å²) in [5.74, 6) is 0.581. The van der Waals surface area contributed by atoms with E-state index in [4.69, 9.17) is 0 Å². The van der Waals surface area contributed by atoms with Crippen molar-refractivity contribution in [1.82, 2.24) is 0 Å². The lowest BCUT2D eigenvalue weighted by molar-refractivity contribution is 0.871. The number of fused-ring (bicyclic) bond motifs is 1. The molecule has 1 nitrogen and oxygen atoms in total. The van der Waals surface area contributed by atoms with E-state index in [1.165, 1.54) is 17.0 Å². The van der Waals surface area contributed by atoms with E-state index < -0.39 is 0 Å². The predicted octanol–water partition coefficient (Wildman–Crippen LogP) is 3.61. The van der Waals surface area contributed by atoms with Gasteiger partial charge in [-0.05, 0) is 17.5 Å². The van der Waals surface area contributed by atoms with Gasteiger partial charge in [0.25, 0.3) is 0 Å². The second-order valence-electron chi connectivity index (χ2n) is 3.56. The van der Waals surface area contributed by atoms with E-state index in [9.17, 15) is 0 Å². The molecule has 1 aromatic carbocycles. The maximum Gasteiger partial charge on any atom is 0.0665 e. The van der Waals surface area contributed by atoms with Crippen LogP contribution in [0, 0.1) is 5.92 Å². The van der Waals surface area contributed by atoms with Crippen LogP contribution in [-0.2, 0) is 6.42 Å². The van der Waals surface area contributed by atoms with Crippen LogP contribution < -0.4 is 0 Å². The lowest BCUT2D eigenvalue weighted by Gasteiger charge is -2.01. The molecule has 0 N–H and O–H groups in total. The van der Waals surface area contributed by atoms with E-state index in [-0.39, 0.29) is 7.43 Å². The van der Waals surface area contributed by atoms with Gasteiger partial charge in [0.15, 0.2) is 0 Å². The fourth-order valence-electron chi connectivity index (χ4n) is 1.49. The molecule has 0 radical (unpaired) electrons. The largest absolute Gasteiger partial charge is 0.257 e. The second kappa shape index (κ2) is 3.73. The van der Waals surface area contributed by atoms with Crippen LogP contribution in [0.15, 0.2) is 29.3 Å². The zero-order chi connectivity index (χ0) is 8.55. The Hall–Kier alpha value is -1.11. The molecule has 0 atom stereocenters. The third-order valence-electron chi connectivity index (χ3n) is 2.29. The number of para-hydroxylation sites is 1. The Bertz CT molecular complexity index is 324. The fraction of sp³-hybridized carbons (Fsp3) is 0.417. The first-order valence-corrected chi connectivity index (χ1v) is 4.43. The maximum atomic E-state index is 4.57. The summed E-state index contributed by atoms with van der Waals surface area (Å²) in [4.78, 5) is 4.57. The number of hydrogen-bond acceptors (Lipinski definition) is 1. The monoisotopic (exact) mass is 175 g/mol. The summed E-state index contributed by atoms with van der Waals surface area (Å²) in [5.41, 5.74) is 3.86. The van der Waals surface area contributed by atoms with Gasteiger partial charge in [0.1, 0.15) is 0 Å². The van der Waals surface area contributed by atoms with Crippen molar-refractivity contribution < 1.29 is 0 Å². The molecule has 70 valence electrons. The van der Waals surface area contributed by atoms with Gasteiger partial charge in [-0.1, -0.05) is 39.5 Å². The van der Waals surface area contributed by atoms with Crippen LogP contribution in [0.2, 0.25) is 0 Å². The van der Waals surface area contributed by atoms with E-state index in [0.29, 0.717) is 5.92 Å². The van der Waals surface area contributed by atoms with Crippen LogP contribution >= 0.6 is 0 Å². The molecule has 1 aromatic rings. The second-order valence-corrected chi connectivity index (χ2v) is 3.56. The minimum absolute atomic E-state index is 0. The van der Waals surface area contributed by atoms with Crippen LogP contribution in [0.25, 0.3) is 0 Å². The highest BCUT2D eigenvalue weighted by Crippen LogP contribution is 2.27. The predicted molar refractivity (Wildman–Crippen MR) is 58.8 cm³/mol. The van der Waals surface area contributed by atoms with Crippen molar-refractivity contribution in [1.29, 1.82) is 0 Å². The summed E-state index contributed by atoms with van der Waals surface area (Å²) >= 11 is 0. The van der Waals surface area contributed by atoms with Gasteiger partial charge < -0.3 is 0 Å². The Balaban J connectivity index is 0.000000845. The first-order chi connectivity index (χ1) is 5.77. The van der Waals surface area contributed by atoms with E-state index in [1.807, 2.05) is 6.07 Å². The summed E-state index contributed by atoms with van der Waals surface area (Å²) in [6.45, 7) is 4.40. The third-order valence-corrected chi connectivity index (χ3v) is 2.29. The number of benzene rings is 1. The summed E-state index contributed by atoms with van der Waals surface area (Å²) in [7, 11) is 0. The standard InChI is InChI=1S/C11H13N.CH4/c1-8(2)11-7-9-5-3-4-6-10(9)12-11;/h3-6,8H,7H2,1-2H3;1H4. The Kier molecular flexibility index (Phi) is 2.86. The van der Waals surface area contributed by atoms with Gasteiger partial charge >= 0.3 is 0 Å². The first-order valence-electron chi connectivity index (χ1n) is 4.43. The molecule has 0 saturated heterocycles. The molecule has 0 bridgehead atoms. The van der Waals surface area contributed by atoms with Gasteiger partial charge in [0.2, 0.25) is 0 Å². The number of nitrogens with zero attached hydrogens (tertiary/aromatic N) is 1. The molecular formula is C12H17N. The van der Waals surface area contributed by atoms with E-state index >= 15 is 0 Å². The number of aliphatic imine (C=N–C) groups is 1. The van der Waals surface area contributed by atoms with Crippen LogP contribution in [0.4, 0.5) is 5.69 Å². The van der Waals surface area contributed by atoms with E-state index in [2.05, 4.69) is 37.0 Å². The SMILES string of the molecule is C.CC(C)C1=Nc2ccccc2C1. The van der Waals surface area contributed by atoms with Crippen LogP contribution in [0.5, 0.6) is 0 Å². The highest BCUT2D eigenvalue weighted by molar-refractivity contribution is 5.95. The van der Waals surface area contributed by atoms with Gasteiger partial charge in [0, 0.05) is 12.1 Å². The summed E-state index contributed by atoms with van der Waals surface area (Å²) in [5, 5.41) is 0. The molecule has 0 fully saturated rings. The third kappa shape index (κ3) is 1.80. The van der Waals surface area contributed by atoms with Crippen molar-refractivity contribution >= 4 is 11.4 Å². The lowest BCUT2D eigenvalue weighted by atomic mass is 10.0. The lowest BCUT2D eigenvalue weighted by Crippen LogP contribution is -2.06. The van der Waals surface area contributed by atoms with Crippen molar-refractivity contribution in [3.8, 4) is 0 Å². The summed E-state index contributed by atoms with van der Waals surface area (Å²) in [6.07, 6.45) is 1.05. The molecule has 1 aliphatic heterocycles. The molecule has 1 heterocycles. The molecule has 13 heavy (non-hydrogen) atoms. The molecule has 1 aliphatic rings. The highest BCUT2D eigenvalue weighted by Gasteiger charge is 2.15. The van der Waals surface area contributed by atoms with Gasteiger partial charge in [-0.15, -0.1) is 0 Å². The summed E-state index contributed by atoms with van der Waals surface area (Å²) in [6, 6.07) is 8.38.